The number of aromatic nitrogens is 2. The Morgan fingerprint density at radius 1 is 1.18 bits per heavy atom. The number of benzene rings is 2. The fraction of sp³-hybridized carbons (Fsp3) is 0.320. The first-order valence-corrected chi connectivity index (χ1v) is 11.0. The molecule has 1 aromatic heterocycles. The Kier molecular flexibility index (Phi) is 7.64. The first kappa shape index (κ1) is 23.6. The predicted molar refractivity (Wildman–Crippen MR) is 120 cm³/mol. The van der Waals surface area contributed by atoms with E-state index in [0.29, 0.717) is 29.6 Å². The van der Waals surface area contributed by atoms with E-state index in [2.05, 4.69) is 19.8 Å². The number of nitrogens with zero attached hydrogens (tertiary/aromatic N) is 3. The van der Waals surface area contributed by atoms with E-state index in [4.69, 9.17) is 9.26 Å². The molecule has 0 saturated carbocycles. The summed E-state index contributed by atoms with van der Waals surface area (Å²) in [4.78, 5) is 17.8. The Labute approximate surface area is 196 Å². The predicted octanol–water partition coefficient (Wildman–Crippen LogP) is 4.49. The maximum absolute atomic E-state index is 13.9. The van der Waals surface area contributed by atoms with Gasteiger partial charge in [0.2, 0.25) is 0 Å². The van der Waals surface area contributed by atoms with E-state index in [9.17, 15) is 13.6 Å². The normalized spacial score (nSPS) is 15.0. The summed E-state index contributed by atoms with van der Waals surface area (Å²) in [5.74, 6) is 0.331. The van der Waals surface area contributed by atoms with E-state index < -0.39 is 17.6 Å². The second-order valence-electron chi connectivity index (χ2n) is 8.05. The number of carbonyl (C=O) groups is 1. The summed E-state index contributed by atoms with van der Waals surface area (Å²) >= 11 is 0. The molecule has 2 heterocycles. The summed E-state index contributed by atoms with van der Waals surface area (Å²) in [6, 6.07) is 10.9. The van der Waals surface area contributed by atoms with Crippen LogP contribution in [0.3, 0.4) is 0 Å². The van der Waals surface area contributed by atoms with Crippen LogP contribution in [-0.4, -0.2) is 41.2 Å². The Morgan fingerprint density at radius 3 is 2.65 bits per heavy atom. The van der Waals surface area contributed by atoms with Crippen molar-refractivity contribution in [1.82, 2.24) is 15.0 Å². The average molecular weight is 469 g/mol. The minimum absolute atomic E-state index is 0.146. The number of hydrogen-bond acceptors (Lipinski definition) is 7. The highest BCUT2D eigenvalue weighted by molar-refractivity contribution is 5.86. The standard InChI is InChI=1S/C25H25F2N3O4/c1-32-24(31)9-4-17-2-7-21(8-3-17)33-16-23-28-25(29-34-23)18-10-12-30(13-11-18)15-19-5-6-20(26)14-22(19)27/h2-9,14,18H,10-13,15-16H2,1H3. The second-order valence-corrected chi connectivity index (χ2v) is 8.05. The molecule has 4 rings (SSSR count). The second kappa shape index (κ2) is 11.0. The zero-order valence-corrected chi connectivity index (χ0v) is 18.7. The van der Waals surface area contributed by atoms with E-state index in [-0.39, 0.29) is 12.5 Å². The van der Waals surface area contributed by atoms with E-state index in [1.165, 1.54) is 25.3 Å². The van der Waals surface area contributed by atoms with E-state index in [1.54, 1.807) is 18.2 Å². The van der Waals surface area contributed by atoms with Crippen LogP contribution in [-0.2, 0) is 22.7 Å². The maximum atomic E-state index is 13.9. The van der Waals surface area contributed by atoms with Gasteiger partial charge in [0, 0.05) is 30.2 Å². The van der Waals surface area contributed by atoms with Crippen LogP contribution in [0.25, 0.3) is 6.08 Å². The summed E-state index contributed by atoms with van der Waals surface area (Å²) in [6.07, 6.45) is 4.65. The highest BCUT2D eigenvalue weighted by Gasteiger charge is 2.25. The molecule has 34 heavy (non-hydrogen) atoms. The van der Waals surface area contributed by atoms with Crippen LogP contribution in [0.4, 0.5) is 8.78 Å². The molecule has 0 radical (unpaired) electrons. The van der Waals surface area contributed by atoms with Gasteiger partial charge in [0.05, 0.1) is 7.11 Å². The summed E-state index contributed by atoms with van der Waals surface area (Å²) < 4.78 is 42.6. The number of rotatable bonds is 8. The molecule has 9 heteroatoms. The fourth-order valence-corrected chi connectivity index (χ4v) is 3.79. The molecular weight excluding hydrogens is 444 g/mol. The van der Waals surface area contributed by atoms with Crippen LogP contribution in [0.15, 0.2) is 53.1 Å². The van der Waals surface area contributed by atoms with Gasteiger partial charge in [0.1, 0.15) is 17.4 Å². The average Bonchev–Trinajstić information content (AvgIpc) is 3.33. The van der Waals surface area contributed by atoms with Gasteiger partial charge < -0.3 is 14.0 Å². The van der Waals surface area contributed by atoms with Crippen molar-refractivity contribution in [2.24, 2.45) is 0 Å². The SMILES string of the molecule is COC(=O)C=Cc1ccc(OCc2nc(C3CCN(Cc4ccc(F)cc4F)CC3)no2)cc1. The lowest BCUT2D eigenvalue weighted by Gasteiger charge is -2.30. The number of hydrogen-bond donors (Lipinski definition) is 0. The number of likely N-dealkylation sites (tertiary alicyclic amines) is 1. The largest absolute Gasteiger partial charge is 0.484 e. The highest BCUT2D eigenvalue weighted by Crippen LogP contribution is 2.27. The Balaban J connectivity index is 1.24. The van der Waals surface area contributed by atoms with Crippen molar-refractivity contribution < 1.29 is 27.6 Å². The number of carbonyl (C=O) groups excluding carboxylic acids is 1. The van der Waals surface area contributed by atoms with Gasteiger partial charge >= 0.3 is 5.97 Å². The van der Waals surface area contributed by atoms with Gasteiger partial charge in [0.25, 0.3) is 5.89 Å². The molecular formula is C25H25F2N3O4. The lowest BCUT2D eigenvalue weighted by Crippen LogP contribution is -2.33. The molecule has 0 unspecified atom stereocenters. The molecule has 1 aliphatic heterocycles. The molecule has 0 spiro atoms. The number of ether oxygens (including phenoxy) is 2. The fourth-order valence-electron chi connectivity index (χ4n) is 3.79. The smallest absolute Gasteiger partial charge is 0.330 e. The van der Waals surface area contributed by atoms with Crippen LogP contribution in [0.5, 0.6) is 5.75 Å². The first-order valence-electron chi connectivity index (χ1n) is 11.0. The summed E-state index contributed by atoms with van der Waals surface area (Å²) in [5, 5.41) is 4.11. The van der Waals surface area contributed by atoms with Crippen LogP contribution >= 0.6 is 0 Å². The molecule has 7 nitrogen and oxygen atoms in total. The van der Waals surface area contributed by atoms with Crippen LogP contribution in [0.2, 0.25) is 0 Å². The third-order valence-electron chi connectivity index (χ3n) is 5.70. The lowest BCUT2D eigenvalue weighted by atomic mass is 9.96. The van der Waals surface area contributed by atoms with Crippen molar-refractivity contribution >= 4 is 12.0 Å². The number of methoxy groups -OCH3 is 1. The van der Waals surface area contributed by atoms with Crippen LogP contribution < -0.4 is 4.74 Å². The first-order chi connectivity index (χ1) is 16.5. The van der Waals surface area contributed by atoms with Gasteiger partial charge in [-0.15, -0.1) is 0 Å². The maximum Gasteiger partial charge on any atom is 0.330 e. The number of piperidine rings is 1. The van der Waals surface area contributed by atoms with Gasteiger partial charge in [-0.05, 0) is 55.8 Å². The van der Waals surface area contributed by atoms with E-state index in [0.717, 1.165) is 37.6 Å². The monoisotopic (exact) mass is 469 g/mol. The van der Waals surface area contributed by atoms with Gasteiger partial charge in [0.15, 0.2) is 12.4 Å². The molecule has 0 amide bonds. The van der Waals surface area contributed by atoms with Crippen molar-refractivity contribution in [3.63, 3.8) is 0 Å². The third-order valence-corrected chi connectivity index (χ3v) is 5.70. The van der Waals surface area contributed by atoms with E-state index in [1.807, 2.05) is 12.1 Å². The number of halogens is 2. The van der Waals surface area contributed by atoms with Gasteiger partial charge in [-0.1, -0.05) is 23.4 Å². The molecule has 3 aromatic rings. The topological polar surface area (TPSA) is 77.7 Å². The Morgan fingerprint density at radius 2 is 1.94 bits per heavy atom. The van der Waals surface area contributed by atoms with Gasteiger partial charge in [-0.2, -0.15) is 4.98 Å². The Bertz CT molecular complexity index is 1140. The van der Waals surface area contributed by atoms with E-state index >= 15 is 0 Å². The summed E-state index contributed by atoms with van der Waals surface area (Å²) in [7, 11) is 1.33. The molecule has 1 fully saturated rings. The zero-order chi connectivity index (χ0) is 23.9. The summed E-state index contributed by atoms with van der Waals surface area (Å²) in [5.41, 5.74) is 1.33. The molecule has 1 saturated heterocycles. The highest BCUT2D eigenvalue weighted by atomic mass is 19.1. The minimum atomic E-state index is -0.568. The molecule has 178 valence electrons. The molecule has 0 N–H and O–H groups in total. The molecule has 1 aliphatic rings. The van der Waals surface area contributed by atoms with Crippen molar-refractivity contribution in [3.8, 4) is 5.75 Å². The molecule has 0 aliphatic carbocycles. The van der Waals surface area contributed by atoms with Crippen LogP contribution in [0, 0.1) is 11.6 Å². The zero-order valence-electron chi connectivity index (χ0n) is 18.7. The molecule has 0 bridgehead atoms. The minimum Gasteiger partial charge on any atom is -0.484 e. The van der Waals surface area contributed by atoms with Crippen molar-refractivity contribution in [2.75, 3.05) is 20.2 Å². The van der Waals surface area contributed by atoms with Crippen molar-refractivity contribution in [3.05, 3.63) is 83.0 Å². The van der Waals surface area contributed by atoms with Gasteiger partial charge in [-0.3, -0.25) is 4.90 Å². The third kappa shape index (κ3) is 6.26. The summed E-state index contributed by atoms with van der Waals surface area (Å²) in [6.45, 7) is 2.12. The molecule has 2 aromatic carbocycles. The van der Waals surface area contributed by atoms with Gasteiger partial charge in [-0.25, -0.2) is 13.6 Å². The van der Waals surface area contributed by atoms with Crippen molar-refractivity contribution in [1.29, 1.82) is 0 Å². The Hall–Kier alpha value is -3.59. The molecule has 0 atom stereocenters. The lowest BCUT2D eigenvalue weighted by molar-refractivity contribution is -0.134. The van der Waals surface area contributed by atoms with Crippen LogP contribution in [0.1, 0.15) is 41.6 Å². The van der Waals surface area contributed by atoms with Crippen molar-refractivity contribution in [2.45, 2.75) is 31.9 Å². The quantitative estimate of drug-likeness (QED) is 0.355. The number of esters is 1.